The second-order valence-corrected chi connectivity index (χ2v) is 5.84. The van der Waals surface area contributed by atoms with Crippen LogP contribution in [-0.2, 0) is 4.79 Å². The van der Waals surface area contributed by atoms with E-state index in [1.807, 2.05) is 18.2 Å². The average Bonchev–Trinajstić information content (AvgIpc) is 3.00. The fraction of sp³-hybridized carbons (Fsp3) is 0.611. The van der Waals surface area contributed by atoms with E-state index in [2.05, 4.69) is 0 Å². The van der Waals surface area contributed by atoms with Crippen molar-refractivity contribution in [2.24, 2.45) is 0 Å². The summed E-state index contributed by atoms with van der Waals surface area (Å²) in [7, 11) is 0. The van der Waals surface area contributed by atoms with Crippen LogP contribution in [0.5, 0.6) is 17.2 Å². The van der Waals surface area contributed by atoms with Crippen molar-refractivity contribution in [3.63, 3.8) is 0 Å². The molecule has 1 aromatic rings. The molecular formula is C18H26O5. The van der Waals surface area contributed by atoms with Crippen LogP contribution in [0.2, 0.25) is 0 Å². The maximum atomic E-state index is 10.4. The fourth-order valence-electron chi connectivity index (χ4n) is 2.60. The highest BCUT2D eigenvalue weighted by Crippen LogP contribution is 2.35. The van der Waals surface area contributed by atoms with E-state index in [0.29, 0.717) is 6.42 Å². The van der Waals surface area contributed by atoms with E-state index in [1.165, 1.54) is 25.7 Å². The molecule has 0 amide bonds. The minimum absolute atomic E-state index is 0.287. The first-order chi connectivity index (χ1) is 11.3. The van der Waals surface area contributed by atoms with Gasteiger partial charge in [0.1, 0.15) is 5.75 Å². The molecule has 1 aliphatic heterocycles. The molecule has 1 aromatic carbocycles. The summed E-state index contributed by atoms with van der Waals surface area (Å²) in [6.45, 7) is 1.01. The Labute approximate surface area is 137 Å². The summed E-state index contributed by atoms with van der Waals surface area (Å²) >= 11 is 0. The average molecular weight is 322 g/mol. The molecule has 1 aliphatic rings. The highest BCUT2D eigenvalue weighted by Gasteiger charge is 2.13. The van der Waals surface area contributed by atoms with Crippen LogP contribution in [0.1, 0.15) is 57.8 Å². The van der Waals surface area contributed by atoms with Gasteiger partial charge in [-0.15, -0.1) is 0 Å². The number of carbonyl (C=O) groups is 1. The molecule has 0 saturated heterocycles. The predicted octanol–water partition coefficient (Wildman–Crippen LogP) is 4.39. The third-order valence-electron chi connectivity index (χ3n) is 3.90. The molecule has 0 aliphatic carbocycles. The molecular weight excluding hydrogens is 296 g/mol. The summed E-state index contributed by atoms with van der Waals surface area (Å²) in [5.74, 6) is 1.67. The molecule has 0 spiro atoms. The summed E-state index contributed by atoms with van der Waals surface area (Å²) in [5.41, 5.74) is 0. The largest absolute Gasteiger partial charge is 0.493 e. The van der Waals surface area contributed by atoms with Gasteiger partial charge in [0.2, 0.25) is 6.79 Å². The van der Waals surface area contributed by atoms with E-state index in [1.54, 1.807) is 0 Å². The normalized spacial score (nSPS) is 12.3. The Morgan fingerprint density at radius 3 is 2.35 bits per heavy atom. The molecule has 1 N–H and O–H groups in total. The Balaban J connectivity index is 1.42. The number of carboxylic acids is 1. The second-order valence-electron chi connectivity index (χ2n) is 5.84. The monoisotopic (exact) mass is 322 g/mol. The van der Waals surface area contributed by atoms with Crippen LogP contribution in [0.4, 0.5) is 0 Å². The van der Waals surface area contributed by atoms with Crippen molar-refractivity contribution in [1.29, 1.82) is 0 Å². The van der Waals surface area contributed by atoms with E-state index in [-0.39, 0.29) is 6.79 Å². The fourth-order valence-corrected chi connectivity index (χ4v) is 2.60. The first-order valence-corrected chi connectivity index (χ1v) is 8.50. The van der Waals surface area contributed by atoms with Crippen molar-refractivity contribution in [2.45, 2.75) is 57.8 Å². The molecule has 0 unspecified atom stereocenters. The van der Waals surface area contributed by atoms with E-state index >= 15 is 0 Å². The Morgan fingerprint density at radius 2 is 1.61 bits per heavy atom. The van der Waals surface area contributed by atoms with E-state index in [4.69, 9.17) is 19.3 Å². The molecule has 0 bridgehead atoms. The molecule has 128 valence electrons. The van der Waals surface area contributed by atoms with Crippen LogP contribution in [0, 0.1) is 0 Å². The molecule has 0 radical (unpaired) electrons. The summed E-state index contributed by atoms with van der Waals surface area (Å²) in [5, 5.41) is 8.54. The number of rotatable bonds is 12. The molecule has 5 heteroatoms. The lowest BCUT2D eigenvalue weighted by atomic mass is 10.1. The minimum Gasteiger partial charge on any atom is -0.493 e. The van der Waals surface area contributed by atoms with Crippen LogP contribution < -0.4 is 14.2 Å². The Kier molecular flexibility index (Phi) is 7.57. The lowest BCUT2D eigenvalue weighted by Gasteiger charge is -2.07. The minimum atomic E-state index is -0.688. The molecule has 0 aromatic heterocycles. The highest BCUT2D eigenvalue weighted by molar-refractivity contribution is 5.66. The molecule has 0 fully saturated rings. The van der Waals surface area contributed by atoms with Crippen molar-refractivity contribution in [3.05, 3.63) is 18.2 Å². The Bertz CT molecular complexity index is 486. The van der Waals surface area contributed by atoms with Gasteiger partial charge in [-0.3, -0.25) is 4.79 Å². The van der Waals surface area contributed by atoms with Gasteiger partial charge < -0.3 is 19.3 Å². The Morgan fingerprint density at radius 1 is 0.957 bits per heavy atom. The quantitative estimate of drug-likeness (QED) is 0.578. The van der Waals surface area contributed by atoms with Crippen LogP contribution in [-0.4, -0.2) is 24.5 Å². The summed E-state index contributed by atoms with van der Waals surface area (Å²) in [6, 6.07) is 5.66. The first kappa shape index (κ1) is 17.4. The third-order valence-corrected chi connectivity index (χ3v) is 3.90. The number of hydrogen-bond donors (Lipinski definition) is 1. The van der Waals surface area contributed by atoms with Gasteiger partial charge in [-0.1, -0.05) is 38.5 Å². The standard InChI is InChI=1S/C18H26O5/c19-18(20)9-7-5-3-1-2-4-6-8-12-21-15-10-11-16-17(13-15)23-14-22-16/h10-11,13H,1-9,12,14H2,(H,19,20). The van der Waals surface area contributed by atoms with Gasteiger partial charge in [0.05, 0.1) is 6.61 Å². The van der Waals surface area contributed by atoms with Crippen molar-refractivity contribution >= 4 is 5.97 Å². The zero-order valence-corrected chi connectivity index (χ0v) is 13.6. The predicted molar refractivity (Wildman–Crippen MR) is 87.2 cm³/mol. The van der Waals surface area contributed by atoms with E-state index < -0.39 is 5.97 Å². The third kappa shape index (κ3) is 6.80. The van der Waals surface area contributed by atoms with Crippen molar-refractivity contribution in [3.8, 4) is 17.2 Å². The molecule has 1 heterocycles. The zero-order chi connectivity index (χ0) is 16.3. The topological polar surface area (TPSA) is 65.0 Å². The van der Waals surface area contributed by atoms with Gasteiger partial charge in [-0.05, 0) is 25.0 Å². The van der Waals surface area contributed by atoms with E-state index in [0.717, 1.165) is 49.5 Å². The maximum absolute atomic E-state index is 10.4. The van der Waals surface area contributed by atoms with Crippen molar-refractivity contribution < 1.29 is 24.1 Å². The lowest BCUT2D eigenvalue weighted by molar-refractivity contribution is -0.137. The van der Waals surface area contributed by atoms with Crippen molar-refractivity contribution in [2.75, 3.05) is 13.4 Å². The SMILES string of the molecule is O=C(O)CCCCCCCCCCOc1ccc2c(c1)OCO2. The van der Waals surface area contributed by atoms with Crippen molar-refractivity contribution in [1.82, 2.24) is 0 Å². The number of fused-ring (bicyclic) bond motifs is 1. The second kappa shape index (κ2) is 9.98. The Hall–Kier alpha value is -1.91. The molecule has 23 heavy (non-hydrogen) atoms. The molecule has 5 nitrogen and oxygen atoms in total. The summed E-state index contributed by atoms with van der Waals surface area (Å²) in [4.78, 5) is 10.4. The van der Waals surface area contributed by atoms with Crippen LogP contribution in [0.25, 0.3) is 0 Å². The number of carboxylic acid groups (broad SMARTS) is 1. The van der Waals surface area contributed by atoms with Crippen LogP contribution in [0.3, 0.4) is 0 Å². The van der Waals surface area contributed by atoms with Gasteiger partial charge in [-0.25, -0.2) is 0 Å². The summed E-state index contributed by atoms with van der Waals surface area (Å²) < 4.78 is 16.3. The number of ether oxygens (including phenoxy) is 3. The number of hydrogen-bond acceptors (Lipinski definition) is 4. The molecule has 0 atom stereocenters. The number of benzene rings is 1. The number of aliphatic carboxylic acids is 1. The van der Waals surface area contributed by atoms with Gasteiger partial charge in [-0.2, -0.15) is 0 Å². The molecule has 2 rings (SSSR count). The van der Waals surface area contributed by atoms with Gasteiger partial charge >= 0.3 is 5.97 Å². The van der Waals surface area contributed by atoms with Crippen LogP contribution in [0.15, 0.2) is 18.2 Å². The summed E-state index contributed by atoms with van der Waals surface area (Å²) in [6.07, 6.45) is 9.12. The lowest BCUT2D eigenvalue weighted by Crippen LogP contribution is -1.97. The molecule has 0 saturated carbocycles. The maximum Gasteiger partial charge on any atom is 0.303 e. The zero-order valence-electron chi connectivity index (χ0n) is 13.6. The van der Waals surface area contributed by atoms with Gasteiger partial charge in [0.25, 0.3) is 0 Å². The highest BCUT2D eigenvalue weighted by atomic mass is 16.7. The smallest absolute Gasteiger partial charge is 0.303 e. The first-order valence-electron chi connectivity index (χ1n) is 8.50. The van der Waals surface area contributed by atoms with Crippen LogP contribution >= 0.6 is 0 Å². The van der Waals surface area contributed by atoms with Gasteiger partial charge in [0.15, 0.2) is 11.5 Å². The number of unbranched alkanes of at least 4 members (excludes halogenated alkanes) is 7. The van der Waals surface area contributed by atoms with E-state index in [9.17, 15) is 4.79 Å². The van der Waals surface area contributed by atoms with Gasteiger partial charge in [0, 0.05) is 12.5 Å².